The molecule has 0 saturated heterocycles. The first-order chi connectivity index (χ1) is 10.3. The monoisotopic (exact) mass is 303 g/mol. The molecule has 1 aromatic carbocycles. The summed E-state index contributed by atoms with van der Waals surface area (Å²) in [5.41, 5.74) is 3.76. The van der Waals surface area contributed by atoms with E-state index in [2.05, 4.69) is 57.7 Å². The normalized spacial score (nSPS) is 21.2. The Hall–Kier alpha value is -1.51. The molecule has 0 radical (unpaired) electrons. The zero-order chi connectivity index (χ0) is 16.5. The van der Waals surface area contributed by atoms with Crippen molar-refractivity contribution >= 4 is 11.7 Å². The maximum absolute atomic E-state index is 12.4. The highest BCUT2D eigenvalue weighted by Gasteiger charge is 2.42. The van der Waals surface area contributed by atoms with Crippen LogP contribution in [0.25, 0.3) is 0 Å². The molecule has 2 rings (SSSR count). The standard InChI is InChI=1S/C19H29NO2/c1-7-8-17(18(21)22-6)20-16-10-9-13(2)11-15(16)14(3)12-19(20,4)5/h9-11,14,17H,7-8,12H2,1-6H3. The maximum Gasteiger partial charge on any atom is 0.328 e. The molecule has 0 N–H and O–H groups in total. The van der Waals surface area contributed by atoms with Crippen LogP contribution in [-0.2, 0) is 9.53 Å². The van der Waals surface area contributed by atoms with Crippen LogP contribution >= 0.6 is 0 Å². The molecule has 0 saturated carbocycles. The number of methoxy groups -OCH3 is 1. The molecule has 2 atom stereocenters. The van der Waals surface area contributed by atoms with Crippen molar-refractivity contribution in [3.05, 3.63) is 29.3 Å². The SMILES string of the molecule is CCCC(C(=O)OC)N1c2ccc(C)cc2C(C)CC1(C)C. The van der Waals surface area contributed by atoms with Gasteiger partial charge in [-0.2, -0.15) is 0 Å². The topological polar surface area (TPSA) is 29.5 Å². The van der Waals surface area contributed by atoms with Gasteiger partial charge in [0.2, 0.25) is 0 Å². The van der Waals surface area contributed by atoms with Crippen molar-refractivity contribution in [1.82, 2.24) is 0 Å². The van der Waals surface area contributed by atoms with Crippen molar-refractivity contribution in [2.24, 2.45) is 0 Å². The summed E-state index contributed by atoms with van der Waals surface area (Å²) in [6, 6.07) is 6.37. The highest BCUT2D eigenvalue weighted by atomic mass is 16.5. The summed E-state index contributed by atoms with van der Waals surface area (Å²) in [5.74, 6) is 0.372. The van der Waals surface area contributed by atoms with Crippen LogP contribution in [0.2, 0.25) is 0 Å². The maximum atomic E-state index is 12.4. The molecule has 3 heteroatoms. The van der Waals surface area contributed by atoms with Crippen LogP contribution in [0.4, 0.5) is 5.69 Å². The molecule has 0 bridgehead atoms. The fraction of sp³-hybridized carbons (Fsp3) is 0.632. The van der Waals surface area contributed by atoms with Gasteiger partial charge in [0.15, 0.2) is 0 Å². The second-order valence-electron chi connectivity index (χ2n) is 7.18. The summed E-state index contributed by atoms with van der Waals surface area (Å²) >= 11 is 0. The van der Waals surface area contributed by atoms with E-state index < -0.39 is 0 Å². The van der Waals surface area contributed by atoms with Crippen molar-refractivity contribution in [3.8, 4) is 0 Å². The molecule has 22 heavy (non-hydrogen) atoms. The molecular weight excluding hydrogens is 274 g/mol. The predicted octanol–water partition coefficient (Wildman–Crippen LogP) is 4.43. The predicted molar refractivity (Wildman–Crippen MR) is 91.5 cm³/mol. The van der Waals surface area contributed by atoms with Gasteiger partial charge in [-0.05, 0) is 51.2 Å². The number of anilines is 1. The molecular formula is C19H29NO2. The number of carbonyl (C=O) groups excluding carboxylic acids is 1. The van der Waals surface area contributed by atoms with Crippen LogP contribution in [0.1, 0.15) is 64.0 Å². The smallest absolute Gasteiger partial charge is 0.328 e. The van der Waals surface area contributed by atoms with Gasteiger partial charge in [-0.1, -0.05) is 38.0 Å². The minimum Gasteiger partial charge on any atom is -0.467 e. The van der Waals surface area contributed by atoms with Crippen molar-refractivity contribution in [1.29, 1.82) is 0 Å². The van der Waals surface area contributed by atoms with E-state index in [-0.39, 0.29) is 17.6 Å². The zero-order valence-electron chi connectivity index (χ0n) is 14.8. The Morgan fingerprint density at radius 3 is 2.73 bits per heavy atom. The average molecular weight is 303 g/mol. The molecule has 0 aliphatic carbocycles. The van der Waals surface area contributed by atoms with Crippen molar-refractivity contribution in [2.75, 3.05) is 12.0 Å². The number of hydrogen-bond acceptors (Lipinski definition) is 3. The molecule has 1 aromatic rings. The van der Waals surface area contributed by atoms with Gasteiger partial charge in [0.25, 0.3) is 0 Å². The lowest BCUT2D eigenvalue weighted by atomic mass is 9.78. The lowest BCUT2D eigenvalue weighted by Gasteiger charge is -2.50. The molecule has 2 unspecified atom stereocenters. The third-order valence-corrected chi connectivity index (χ3v) is 4.78. The van der Waals surface area contributed by atoms with Crippen molar-refractivity contribution in [2.45, 2.75) is 71.4 Å². The van der Waals surface area contributed by atoms with Crippen LogP contribution < -0.4 is 4.90 Å². The number of nitrogens with zero attached hydrogens (tertiary/aromatic N) is 1. The van der Waals surface area contributed by atoms with E-state index >= 15 is 0 Å². The minimum atomic E-state index is -0.209. The van der Waals surface area contributed by atoms with Crippen LogP contribution in [-0.4, -0.2) is 24.7 Å². The van der Waals surface area contributed by atoms with E-state index in [1.807, 2.05) is 0 Å². The summed E-state index contributed by atoms with van der Waals surface area (Å²) < 4.78 is 5.10. The number of carbonyl (C=O) groups is 1. The van der Waals surface area contributed by atoms with Gasteiger partial charge in [0, 0.05) is 11.2 Å². The van der Waals surface area contributed by atoms with Crippen molar-refractivity contribution < 1.29 is 9.53 Å². The van der Waals surface area contributed by atoms with Crippen LogP contribution in [0.3, 0.4) is 0 Å². The van der Waals surface area contributed by atoms with Gasteiger partial charge < -0.3 is 9.64 Å². The summed E-state index contributed by atoms with van der Waals surface area (Å²) in [4.78, 5) is 14.7. The minimum absolute atomic E-state index is 0.0598. The van der Waals surface area contributed by atoms with E-state index in [1.54, 1.807) is 0 Å². The highest BCUT2D eigenvalue weighted by molar-refractivity contribution is 5.81. The third-order valence-electron chi connectivity index (χ3n) is 4.78. The van der Waals surface area contributed by atoms with Gasteiger partial charge in [0.05, 0.1) is 7.11 Å². The largest absolute Gasteiger partial charge is 0.467 e. The molecule has 3 nitrogen and oxygen atoms in total. The van der Waals surface area contributed by atoms with Gasteiger partial charge in [0.1, 0.15) is 6.04 Å². The quantitative estimate of drug-likeness (QED) is 0.771. The lowest BCUT2D eigenvalue weighted by molar-refractivity contribution is -0.142. The van der Waals surface area contributed by atoms with Crippen molar-refractivity contribution in [3.63, 3.8) is 0 Å². The number of rotatable bonds is 4. The molecule has 1 heterocycles. The first-order valence-electron chi connectivity index (χ1n) is 8.29. The number of esters is 1. The summed E-state index contributed by atoms with van der Waals surface area (Å²) in [6.07, 6.45) is 2.82. The van der Waals surface area contributed by atoms with Gasteiger partial charge in [-0.15, -0.1) is 0 Å². The Kier molecular flexibility index (Phi) is 4.84. The lowest BCUT2D eigenvalue weighted by Crippen LogP contribution is -2.56. The number of aryl methyl sites for hydroxylation is 1. The molecule has 122 valence electrons. The highest BCUT2D eigenvalue weighted by Crippen LogP contribution is 2.45. The van der Waals surface area contributed by atoms with E-state index in [9.17, 15) is 4.79 Å². The van der Waals surface area contributed by atoms with Gasteiger partial charge in [-0.25, -0.2) is 4.79 Å². The number of ether oxygens (including phenoxy) is 1. The summed E-state index contributed by atoms with van der Waals surface area (Å²) in [5, 5.41) is 0. The fourth-order valence-corrected chi connectivity index (χ4v) is 3.92. The average Bonchev–Trinajstić information content (AvgIpc) is 2.45. The van der Waals surface area contributed by atoms with E-state index in [0.717, 1.165) is 19.3 Å². The Morgan fingerprint density at radius 2 is 2.14 bits per heavy atom. The summed E-state index contributed by atoms with van der Waals surface area (Å²) in [7, 11) is 1.49. The number of benzene rings is 1. The Labute approximate surface area is 134 Å². The molecule has 0 fully saturated rings. The molecule has 1 aliphatic heterocycles. The van der Waals surface area contributed by atoms with Crippen LogP contribution in [0.15, 0.2) is 18.2 Å². The first-order valence-corrected chi connectivity index (χ1v) is 8.29. The number of hydrogen-bond donors (Lipinski definition) is 0. The first kappa shape index (κ1) is 16.9. The fourth-order valence-electron chi connectivity index (χ4n) is 3.92. The van der Waals surface area contributed by atoms with E-state index in [4.69, 9.17) is 4.74 Å². The molecule has 0 spiro atoms. The number of fused-ring (bicyclic) bond motifs is 1. The molecule has 0 amide bonds. The Bertz CT molecular complexity index is 550. The van der Waals surface area contributed by atoms with E-state index in [0.29, 0.717) is 5.92 Å². The van der Waals surface area contributed by atoms with Crippen LogP contribution in [0, 0.1) is 6.92 Å². The Balaban J connectivity index is 2.56. The Morgan fingerprint density at radius 1 is 1.45 bits per heavy atom. The third kappa shape index (κ3) is 2.99. The second-order valence-corrected chi connectivity index (χ2v) is 7.18. The second kappa shape index (κ2) is 6.31. The zero-order valence-corrected chi connectivity index (χ0v) is 14.8. The van der Waals surface area contributed by atoms with Gasteiger partial charge in [-0.3, -0.25) is 0 Å². The van der Waals surface area contributed by atoms with Gasteiger partial charge >= 0.3 is 5.97 Å². The molecule has 0 aromatic heterocycles. The molecule has 1 aliphatic rings. The van der Waals surface area contributed by atoms with E-state index in [1.165, 1.54) is 23.9 Å². The summed E-state index contributed by atoms with van der Waals surface area (Å²) in [6.45, 7) is 11.0. The van der Waals surface area contributed by atoms with Crippen LogP contribution in [0.5, 0.6) is 0 Å².